The van der Waals surface area contributed by atoms with Gasteiger partial charge in [0.25, 0.3) is 11.8 Å². The van der Waals surface area contributed by atoms with E-state index in [-0.39, 0.29) is 12.2 Å². The van der Waals surface area contributed by atoms with Gasteiger partial charge in [0, 0.05) is 0 Å². The lowest BCUT2D eigenvalue weighted by Crippen LogP contribution is -2.23. The molecule has 25 heavy (non-hydrogen) atoms. The van der Waals surface area contributed by atoms with E-state index in [0.717, 1.165) is 5.56 Å². The molecule has 3 N–H and O–H groups in total. The van der Waals surface area contributed by atoms with Crippen molar-refractivity contribution in [2.45, 2.75) is 6.42 Å². The highest BCUT2D eigenvalue weighted by molar-refractivity contribution is 6.03. The number of nitrogens with one attached hydrogen (secondary N) is 1. The van der Waals surface area contributed by atoms with E-state index >= 15 is 0 Å². The Kier molecular flexibility index (Phi) is 6.17. The van der Waals surface area contributed by atoms with Crippen molar-refractivity contribution in [1.82, 2.24) is 0 Å². The summed E-state index contributed by atoms with van der Waals surface area (Å²) in [5.74, 6) is -0.0412. The zero-order valence-electron chi connectivity index (χ0n) is 14.0. The molecule has 0 bridgehead atoms. The van der Waals surface area contributed by atoms with Crippen LogP contribution >= 0.6 is 0 Å². The average Bonchev–Trinajstić information content (AvgIpc) is 2.61. The molecular formula is C19H20N2O4. The first-order valence-electron chi connectivity index (χ1n) is 7.64. The second kappa shape index (κ2) is 8.54. The highest BCUT2D eigenvalue weighted by atomic mass is 16.5. The molecule has 2 amide bonds. The third-order valence-electron chi connectivity index (χ3n) is 3.43. The van der Waals surface area contributed by atoms with Gasteiger partial charge in [0.15, 0.2) is 18.1 Å². The molecule has 6 nitrogen and oxygen atoms in total. The lowest BCUT2D eigenvalue weighted by atomic mass is 10.1. The third kappa shape index (κ3) is 4.84. The standard InChI is InChI=1S/C19H20N2O4/c1-3-6-13-9-10-16(17(11-13)24-2)25-12-18(22)21-15-8-5-4-7-14(15)19(20)23/h3-5,7-11H,1,6,12H2,2H3,(H2,20,23)(H,21,22). The number of rotatable bonds is 8. The number of hydrogen-bond donors (Lipinski definition) is 2. The molecule has 0 heterocycles. The lowest BCUT2D eigenvalue weighted by molar-refractivity contribution is -0.118. The van der Waals surface area contributed by atoms with Crippen molar-refractivity contribution >= 4 is 17.5 Å². The van der Waals surface area contributed by atoms with Crippen molar-refractivity contribution in [3.05, 3.63) is 66.2 Å². The molecule has 2 aromatic carbocycles. The van der Waals surface area contributed by atoms with Gasteiger partial charge in [-0.15, -0.1) is 6.58 Å². The molecule has 0 aliphatic heterocycles. The topological polar surface area (TPSA) is 90.6 Å². The fourth-order valence-electron chi connectivity index (χ4n) is 2.26. The van der Waals surface area contributed by atoms with Crippen molar-refractivity contribution in [2.75, 3.05) is 19.0 Å². The quantitative estimate of drug-likeness (QED) is 0.723. The Hall–Kier alpha value is -3.28. The number of allylic oxidation sites excluding steroid dienone is 1. The SMILES string of the molecule is C=CCc1ccc(OCC(=O)Nc2ccccc2C(N)=O)c(OC)c1. The molecule has 6 heteroatoms. The Morgan fingerprint density at radius 2 is 1.96 bits per heavy atom. The first-order chi connectivity index (χ1) is 12.0. The second-order valence-corrected chi connectivity index (χ2v) is 5.22. The van der Waals surface area contributed by atoms with Gasteiger partial charge in [-0.2, -0.15) is 0 Å². The van der Waals surface area contributed by atoms with Gasteiger partial charge in [0.05, 0.1) is 18.4 Å². The minimum atomic E-state index is -0.615. The van der Waals surface area contributed by atoms with Crippen molar-refractivity contribution in [3.63, 3.8) is 0 Å². The number of carbonyl (C=O) groups excluding carboxylic acids is 2. The fraction of sp³-hybridized carbons (Fsp3) is 0.158. The smallest absolute Gasteiger partial charge is 0.262 e. The van der Waals surface area contributed by atoms with Gasteiger partial charge >= 0.3 is 0 Å². The highest BCUT2D eigenvalue weighted by Gasteiger charge is 2.12. The van der Waals surface area contributed by atoms with Crippen molar-refractivity contribution < 1.29 is 19.1 Å². The van der Waals surface area contributed by atoms with Gasteiger partial charge in [0.2, 0.25) is 0 Å². The van der Waals surface area contributed by atoms with Gasteiger partial charge in [-0.25, -0.2) is 0 Å². The number of primary amides is 1. The van der Waals surface area contributed by atoms with E-state index in [1.165, 1.54) is 7.11 Å². The molecule has 2 rings (SSSR count). The van der Waals surface area contributed by atoms with E-state index in [1.807, 2.05) is 12.1 Å². The summed E-state index contributed by atoms with van der Waals surface area (Å²) < 4.78 is 10.8. The maximum Gasteiger partial charge on any atom is 0.262 e. The largest absolute Gasteiger partial charge is 0.493 e. The number of carbonyl (C=O) groups is 2. The van der Waals surface area contributed by atoms with Gasteiger partial charge < -0.3 is 20.5 Å². The van der Waals surface area contributed by atoms with E-state index in [9.17, 15) is 9.59 Å². The van der Waals surface area contributed by atoms with E-state index in [1.54, 1.807) is 36.4 Å². The zero-order valence-corrected chi connectivity index (χ0v) is 14.0. The fourth-order valence-corrected chi connectivity index (χ4v) is 2.26. The van der Waals surface area contributed by atoms with Crippen LogP contribution in [-0.4, -0.2) is 25.5 Å². The van der Waals surface area contributed by atoms with Crippen LogP contribution in [0.4, 0.5) is 5.69 Å². The van der Waals surface area contributed by atoms with Crippen LogP contribution in [0.2, 0.25) is 0 Å². The molecule has 0 aliphatic rings. The Morgan fingerprint density at radius 1 is 1.20 bits per heavy atom. The average molecular weight is 340 g/mol. The normalized spacial score (nSPS) is 9.96. The molecule has 0 aliphatic carbocycles. The number of methoxy groups -OCH3 is 1. The van der Waals surface area contributed by atoms with Gasteiger partial charge in [-0.3, -0.25) is 9.59 Å². The molecule has 0 unspecified atom stereocenters. The number of anilines is 1. The van der Waals surface area contributed by atoms with Gasteiger partial charge in [0.1, 0.15) is 0 Å². The third-order valence-corrected chi connectivity index (χ3v) is 3.43. The summed E-state index contributed by atoms with van der Waals surface area (Å²) in [6.07, 6.45) is 2.50. The number of amides is 2. The summed E-state index contributed by atoms with van der Waals surface area (Å²) in [4.78, 5) is 23.5. The van der Waals surface area contributed by atoms with E-state index in [0.29, 0.717) is 23.6 Å². The molecule has 0 spiro atoms. The van der Waals surface area contributed by atoms with Crippen molar-refractivity contribution in [1.29, 1.82) is 0 Å². The van der Waals surface area contributed by atoms with Gasteiger partial charge in [-0.1, -0.05) is 24.3 Å². The molecule has 0 fully saturated rings. The summed E-state index contributed by atoms with van der Waals surface area (Å²) in [5.41, 5.74) is 6.90. The Labute approximate surface area is 146 Å². The Morgan fingerprint density at radius 3 is 2.64 bits per heavy atom. The molecule has 2 aromatic rings. The predicted molar refractivity (Wildman–Crippen MR) is 96.0 cm³/mol. The van der Waals surface area contributed by atoms with Crippen LogP contribution in [0, 0.1) is 0 Å². The first kappa shape index (κ1) is 18.1. The number of benzene rings is 2. The maximum atomic E-state index is 12.1. The minimum Gasteiger partial charge on any atom is -0.493 e. The molecule has 0 saturated carbocycles. The van der Waals surface area contributed by atoms with Crippen LogP contribution in [0.3, 0.4) is 0 Å². The summed E-state index contributed by atoms with van der Waals surface area (Å²) in [6, 6.07) is 12.0. The summed E-state index contributed by atoms with van der Waals surface area (Å²) in [5, 5.41) is 2.61. The van der Waals surface area contributed by atoms with Crippen molar-refractivity contribution in [2.24, 2.45) is 5.73 Å². The van der Waals surface area contributed by atoms with E-state index in [2.05, 4.69) is 11.9 Å². The van der Waals surface area contributed by atoms with Crippen LogP contribution in [0.25, 0.3) is 0 Å². The zero-order chi connectivity index (χ0) is 18.2. The summed E-state index contributed by atoms with van der Waals surface area (Å²) >= 11 is 0. The highest BCUT2D eigenvalue weighted by Crippen LogP contribution is 2.28. The molecular weight excluding hydrogens is 320 g/mol. The number of ether oxygens (including phenoxy) is 2. The van der Waals surface area contributed by atoms with Crippen LogP contribution in [0.15, 0.2) is 55.1 Å². The summed E-state index contributed by atoms with van der Waals surface area (Å²) in [6.45, 7) is 3.46. The van der Waals surface area contributed by atoms with E-state index < -0.39 is 11.8 Å². The van der Waals surface area contributed by atoms with Crippen LogP contribution < -0.4 is 20.5 Å². The Bertz CT molecular complexity index is 787. The van der Waals surface area contributed by atoms with E-state index in [4.69, 9.17) is 15.2 Å². The number of hydrogen-bond acceptors (Lipinski definition) is 4. The summed E-state index contributed by atoms with van der Waals surface area (Å²) in [7, 11) is 1.53. The molecule has 0 saturated heterocycles. The molecule has 0 atom stereocenters. The monoisotopic (exact) mass is 340 g/mol. The number of para-hydroxylation sites is 1. The predicted octanol–water partition coefficient (Wildman–Crippen LogP) is 2.54. The molecule has 0 radical (unpaired) electrons. The lowest BCUT2D eigenvalue weighted by Gasteiger charge is -2.13. The second-order valence-electron chi connectivity index (χ2n) is 5.22. The first-order valence-corrected chi connectivity index (χ1v) is 7.64. The van der Waals surface area contributed by atoms with Crippen LogP contribution in [-0.2, 0) is 11.2 Å². The van der Waals surface area contributed by atoms with Gasteiger partial charge in [-0.05, 0) is 36.2 Å². The minimum absolute atomic E-state index is 0.232. The van der Waals surface area contributed by atoms with Crippen LogP contribution in [0.1, 0.15) is 15.9 Å². The Balaban J connectivity index is 2.03. The molecule has 130 valence electrons. The maximum absolute atomic E-state index is 12.1. The molecule has 0 aromatic heterocycles. The number of nitrogens with two attached hydrogens (primary N) is 1. The van der Waals surface area contributed by atoms with Crippen molar-refractivity contribution in [3.8, 4) is 11.5 Å². The van der Waals surface area contributed by atoms with Crippen LogP contribution in [0.5, 0.6) is 11.5 Å².